The van der Waals surface area contributed by atoms with E-state index in [0.29, 0.717) is 30.3 Å². The van der Waals surface area contributed by atoms with E-state index in [0.717, 1.165) is 29.7 Å². The van der Waals surface area contributed by atoms with Crippen molar-refractivity contribution in [3.63, 3.8) is 0 Å². The maximum absolute atomic E-state index is 12.4. The van der Waals surface area contributed by atoms with Crippen LogP contribution in [0.2, 0.25) is 0 Å². The van der Waals surface area contributed by atoms with Gasteiger partial charge in [-0.3, -0.25) is 14.6 Å². The summed E-state index contributed by atoms with van der Waals surface area (Å²) in [5.74, 6) is 0.513. The third-order valence-corrected chi connectivity index (χ3v) is 4.79. The molecule has 3 aromatic rings. The molecule has 6 heteroatoms. The van der Waals surface area contributed by atoms with E-state index < -0.39 is 0 Å². The highest BCUT2D eigenvalue weighted by atomic mass is 16.5. The van der Waals surface area contributed by atoms with Gasteiger partial charge in [-0.25, -0.2) is 0 Å². The predicted molar refractivity (Wildman–Crippen MR) is 114 cm³/mol. The first-order valence-corrected chi connectivity index (χ1v) is 10.0. The molecule has 1 aliphatic rings. The van der Waals surface area contributed by atoms with Gasteiger partial charge in [0.25, 0.3) is 11.8 Å². The van der Waals surface area contributed by atoms with Gasteiger partial charge < -0.3 is 15.4 Å². The Balaban J connectivity index is 1.33. The van der Waals surface area contributed by atoms with Crippen LogP contribution < -0.4 is 15.4 Å². The maximum atomic E-state index is 12.4. The minimum atomic E-state index is -0.207. The van der Waals surface area contributed by atoms with Gasteiger partial charge in [0, 0.05) is 29.6 Å². The second-order valence-corrected chi connectivity index (χ2v) is 7.20. The van der Waals surface area contributed by atoms with E-state index in [1.54, 1.807) is 24.4 Å². The number of nitrogens with zero attached hydrogens (tertiary/aromatic N) is 1. The molecule has 0 bridgehead atoms. The molecule has 152 valence electrons. The molecule has 1 aliphatic carbocycles. The van der Waals surface area contributed by atoms with Crippen molar-refractivity contribution in [3.8, 4) is 16.9 Å². The van der Waals surface area contributed by atoms with Crippen molar-refractivity contribution >= 4 is 11.8 Å². The summed E-state index contributed by atoms with van der Waals surface area (Å²) in [6.45, 7) is 0.774. The zero-order chi connectivity index (χ0) is 20.8. The molecule has 2 aromatic carbocycles. The largest absolute Gasteiger partial charge is 0.492 e. The zero-order valence-corrected chi connectivity index (χ0v) is 16.5. The second-order valence-electron chi connectivity index (χ2n) is 7.20. The lowest BCUT2D eigenvalue weighted by Gasteiger charge is -2.09. The molecule has 0 unspecified atom stereocenters. The van der Waals surface area contributed by atoms with Crippen LogP contribution in [-0.4, -0.2) is 36.0 Å². The van der Waals surface area contributed by atoms with Gasteiger partial charge >= 0.3 is 0 Å². The summed E-state index contributed by atoms with van der Waals surface area (Å²) in [4.78, 5) is 28.7. The smallest absolute Gasteiger partial charge is 0.252 e. The summed E-state index contributed by atoms with van der Waals surface area (Å²) in [5.41, 5.74) is 2.82. The number of rotatable bonds is 8. The van der Waals surface area contributed by atoms with Gasteiger partial charge in [-0.1, -0.05) is 30.3 Å². The number of aromatic nitrogens is 1. The van der Waals surface area contributed by atoms with Crippen LogP contribution in [0.3, 0.4) is 0 Å². The summed E-state index contributed by atoms with van der Waals surface area (Å²) < 4.78 is 5.58. The highest BCUT2D eigenvalue weighted by Crippen LogP contribution is 2.22. The molecule has 1 fully saturated rings. The second kappa shape index (κ2) is 9.22. The van der Waals surface area contributed by atoms with E-state index >= 15 is 0 Å². The van der Waals surface area contributed by atoms with Crippen LogP contribution in [0.4, 0.5) is 0 Å². The van der Waals surface area contributed by atoms with Gasteiger partial charge in [0.15, 0.2) is 0 Å². The summed E-state index contributed by atoms with van der Waals surface area (Å²) in [6.07, 6.45) is 5.36. The number of carbonyl (C=O) groups is 2. The monoisotopic (exact) mass is 401 g/mol. The van der Waals surface area contributed by atoms with Crippen LogP contribution in [0.25, 0.3) is 11.1 Å². The van der Waals surface area contributed by atoms with Crippen molar-refractivity contribution in [3.05, 3.63) is 84.2 Å². The van der Waals surface area contributed by atoms with Gasteiger partial charge in [-0.05, 0) is 48.7 Å². The van der Waals surface area contributed by atoms with E-state index in [1.165, 1.54) is 6.20 Å². The lowest BCUT2D eigenvalue weighted by atomic mass is 10.0. The van der Waals surface area contributed by atoms with Crippen molar-refractivity contribution in [2.45, 2.75) is 18.9 Å². The van der Waals surface area contributed by atoms with Gasteiger partial charge in [0.2, 0.25) is 0 Å². The number of ether oxygens (including phenoxy) is 1. The first kappa shape index (κ1) is 19.6. The summed E-state index contributed by atoms with van der Waals surface area (Å²) in [6, 6.07) is 18.9. The standard InChI is InChI=1S/C24H23N3O3/c28-23(26-12-13-30-22-4-2-1-3-5-22)20-14-19(15-25-16-20)17-6-8-18(9-7-17)24(29)27-21-10-11-21/h1-9,14-16,21H,10-13H2,(H,26,28)(H,27,29). The van der Waals surface area contributed by atoms with Gasteiger partial charge in [-0.15, -0.1) is 0 Å². The molecule has 0 spiro atoms. The maximum Gasteiger partial charge on any atom is 0.252 e. The Morgan fingerprint density at radius 2 is 1.67 bits per heavy atom. The Bertz CT molecular complexity index is 1020. The van der Waals surface area contributed by atoms with Gasteiger partial charge in [0.1, 0.15) is 12.4 Å². The van der Waals surface area contributed by atoms with Crippen LogP contribution in [0.1, 0.15) is 33.6 Å². The minimum Gasteiger partial charge on any atom is -0.492 e. The van der Waals surface area contributed by atoms with Crippen LogP contribution >= 0.6 is 0 Å². The van der Waals surface area contributed by atoms with Crippen LogP contribution in [0.5, 0.6) is 5.75 Å². The Morgan fingerprint density at radius 3 is 2.40 bits per heavy atom. The molecule has 0 saturated heterocycles. The van der Waals surface area contributed by atoms with E-state index in [-0.39, 0.29) is 11.8 Å². The Kier molecular flexibility index (Phi) is 6.03. The molecular formula is C24H23N3O3. The first-order chi connectivity index (χ1) is 14.7. The van der Waals surface area contributed by atoms with Crippen molar-refractivity contribution in [2.24, 2.45) is 0 Å². The molecule has 1 aromatic heterocycles. The van der Waals surface area contributed by atoms with Gasteiger partial charge in [-0.2, -0.15) is 0 Å². The Labute approximate surface area is 175 Å². The first-order valence-electron chi connectivity index (χ1n) is 10.0. The van der Waals surface area contributed by atoms with Crippen molar-refractivity contribution in [1.29, 1.82) is 0 Å². The lowest BCUT2D eigenvalue weighted by Crippen LogP contribution is -2.28. The molecule has 1 saturated carbocycles. The van der Waals surface area contributed by atoms with Crippen molar-refractivity contribution in [2.75, 3.05) is 13.2 Å². The quantitative estimate of drug-likeness (QED) is 0.567. The molecule has 2 N–H and O–H groups in total. The number of benzene rings is 2. The topological polar surface area (TPSA) is 80.3 Å². The van der Waals surface area contributed by atoms with Gasteiger partial charge in [0.05, 0.1) is 12.1 Å². The average Bonchev–Trinajstić information content (AvgIpc) is 3.61. The molecule has 6 nitrogen and oxygen atoms in total. The average molecular weight is 401 g/mol. The third-order valence-electron chi connectivity index (χ3n) is 4.79. The minimum absolute atomic E-state index is 0.0481. The van der Waals surface area contributed by atoms with E-state index in [2.05, 4.69) is 15.6 Å². The zero-order valence-electron chi connectivity index (χ0n) is 16.5. The number of pyridine rings is 1. The van der Waals surface area contributed by atoms with E-state index in [1.807, 2.05) is 42.5 Å². The highest BCUT2D eigenvalue weighted by Gasteiger charge is 2.23. The molecule has 0 atom stereocenters. The molecule has 4 rings (SSSR count). The molecular weight excluding hydrogens is 378 g/mol. The Morgan fingerprint density at radius 1 is 0.900 bits per heavy atom. The fourth-order valence-electron chi connectivity index (χ4n) is 2.98. The number of hydrogen-bond donors (Lipinski definition) is 2. The molecule has 1 heterocycles. The highest BCUT2D eigenvalue weighted by molar-refractivity contribution is 5.96. The fraction of sp³-hybridized carbons (Fsp3) is 0.208. The number of nitrogens with one attached hydrogen (secondary N) is 2. The summed E-state index contributed by atoms with van der Waals surface area (Å²) in [7, 11) is 0. The Hall–Kier alpha value is -3.67. The third kappa shape index (κ3) is 5.23. The number of carbonyl (C=O) groups excluding carboxylic acids is 2. The number of amides is 2. The van der Waals surface area contributed by atoms with E-state index in [9.17, 15) is 9.59 Å². The normalized spacial score (nSPS) is 12.8. The van der Waals surface area contributed by atoms with Crippen molar-refractivity contribution in [1.82, 2.24) is 15.6 Å². The predicted octanol–water partition coefficient (Wildman–Crippen LogP) is 3.45. The van der Waals surface area contributed by atoms with E-state index in [4.69, 9.17) is 4.74 Å². The van der Waals surface area contributed by atoms with Crippen LogP contribution in [0, 0.1) is 0 Å². The van der Waals surface area contributed by atoms with Crippen molar-refractivity contribution < 1.29 is 14.3 Å². The molecule has 2 amide bonds. The summed E-state index contributed by atoms with van der Waals surface area (Å²) in [5, 5.41) is 5.81. The summed E-state index contributed by atoms with van der Waals surface area (Å²) >= 11 is 0. The number of hydrogen-bond acceptors (Lipinski definition) is 4. The van der Waals surface area contributed by atoms with Crippen LogP contribution in [0.15, 0.2) is 73.1 Å². The lowest BCUT2D eigenvalue weighted by molar-refractivity contribution is 0.0940. The molecule has 30 heavy (non-hydrogen) atoms. The SMILES string of the molecule is O=C(NCCOc1ccccc1)c1cncc(-c2ccc(C(=O)NC3CC3)cc2)c1. The molecule has 0 aliphatic heterocycles. The fourth-order valence-corrected chi connectivity index (χ4v) is 2.98. The van der Waals surface area contributed by atoms with Crippen LogP contribution in [-0.2, 0) is 0 Å². The molecule has 0 radical (unpaired) electrons. The number of para-hydroxylation sites is 1.